The van der Waals surface area contributed by atoms with Gasteiger partial charge in [0.2, 0.25) is 0 Å². The molecule has 0 amide bonds. The Hall–Kier alpha value is -2.19. The van der Waals surface area contributed by atoms with E-state index in [2.05, 4.69) is 68.7 Å². The largest absolute Gasteiger partial charge is 0.370 e. The summed E-state index contributed by atoms with van der Waals surface area (Å²) >= 11 is 0. The Bertz CT molecular complexity index is 931. The Labute approximate surface area is 189 Å². The molecule has 1 fully saturated rings. The molecule has 1 aromatic heterocycles. The first kappa shape index (κ1) is 21.5. The molecule has 1 saturated heterocycles. The number of aliphatic imine (C=N–C) groups is 1. The van der Waals surface area contributed by atoms with Crippen molar-refractivity contribution in [1.82, 2.24) is 15.2 Å². The van der Waals surface area contributed by atoms with Crippen molar-refractivity contribution in [3.63, 3.8) is 0 Å². The van der Waals surface area contributed by atoms with Crippen molar-refractivity contribution in [1.29, 1.82) is 0 Å². The lowest BCUT2D eigenvalue weighted by Gasteiger charge is -2.32. The lowest BCUT2D eigenvalue weighted by atomic mass is 10.0. The van der Waals surface area contributed by atoms with Crippen LogP contribution in [0.15, 0.2) is 71.9 Å². The van der Waals surface area contributed by atoms with Crippen LogP contribution in [0.3, 0.4) is 0 Å². The average molecular weight is 501 g/mol. The van der Waals surface area contributed by atoms with Gasteiger partial charge in [-0.3, -0.25) is 9.88 Å². The fourth-order valence-corrected chi connectivity index (χ4v) is 3.80. The molecule has 6 heteroatoms. The molecule has 3 N–H and O–H groups in total. The number of piperidine rings is 1. The Morgan fingerprint density at radius 3 is 2.59 bits per heavy atom. The monoisotopic (exact) mass is 501 g/mol. The summed E-state index contributed by atoms with van der Waals surface area (Å²) in [5, 5.41) is 4.53. The predicted octanol–water partition coefficient (Wildman–Crippen LogP) is 3.92. The highest BCUT2D eigenvalue weighted by molar-refractivity contribution is 14.0. The van der Waals surface area contributed by atoms with E-state index in [0.717, 1.165) is 48.9 Å². The van der Waals surface area contributed by atoms with Crippen molar-refractivity contribution in [3.8, 4) is 0 Å². The fraction of sp³-hybridized carbons (Fsp3) is 0.304. The van der Waals surface area contributed by atoms with Crippen LogP contribution in [0.2, 0.25) is 0 Å². The van der Waals surface area contributed by atoms with E-state index >= 15 is 0 Å². The van der Waals surface area contributed by atoms with Crippen LogP contribution < -0.4 is 11.1 Å². The summed E-state index contributed by atoms with van der Waals surface area (Å²) in [5.74, 6) is 0.523. The number of nitrogens with zero attached hydrogens (tertiary/aromatic N) is 3. The number of benzene rings is 2. The minimum absolute atomic E-state index is 0. The van der Waals surface area contributed by atoms with Crippen LogP contribution in [-0.2, 0) is 13.1 Å². The van der Waals surface area contributed by atoms with Gasteiger partial charge in [0.05, 0.1) is 12.1 Å². The molecule has 2 aromatic carbocycles. The molecule has 0 aliphatic carbocycles. The second-order valence-corrected chi connectivity index (χ2v) is 7.37. The third-order valence-electron chi connectivity index (χ3n) is 5.32. The first-order valence-electron chi connectivity index (χ1n) is 9.93. The lowest BCUT2D eigenvalue weighted by Crippen LogP contribution is -2.46. The maximum Gasteiger partial charge on any atom is 0.189 e. The third kappa shape index (κ3) is 5.90. The Kier molecular flexibility index (Phi) is 7.83. The molecule has 0 unspecified atom stereocenters. The topological polar surface area (TPSA) is 66.5 Å². The van der Waals surface area contributed by atoms with Gasteiger partial charge in [-0.15, -0.1) is 24.0 Å². The number of nitrogens with two attached hydrogens (primary N) is 1. The van der Waals surface area contributed by atoms with Crippen molar-refractivity contribution >= 4 is 40.8 Å². The standard InChI is InChI=1S/C23H27N5.HI/c24-23(26-16-20-9-4-8-19-10-5-13-25-22(19)20)27-21-11-14-28(15-12-21)17-18-6-2-1-3-7-18;/h1-10,13,21H,11-12,14-17H2,(H3,24,26,27);1H. The molecular formula is C23H28IN5. The van der Waals surface area contributed by atoms with Crippen LogP contribution in [0.5, 0.6) is 0 Å². The van der Waals surface area contributed by atoms with Gasteiger partial charge in [-0.05, 0) is 30.0 Å². The van der Waals surface area contributed by atoms with Gasteiger partial charge < -0.3 is 11.1 Å². The number of rotatable bonds is 5. The highest BCUT2D eigenvalue weighted by atomic mass is 127. The van der Waals surface area contributed by atoms with Gasteiger partial charge >= 0.3 is 0 Å². The Morgan fingerprint density at radius 1 is 1.03 bits per heavy atom. The fourth-order valence-electron chi connectivity index (χ4n) is 3.80. The number of para-hydroxylation sites is 1. The van der Waals surface area contributed by atoms with Crippen molar-refractivity contribution in [2.24, 2.45) is 10.7 Å². The minimum atomic E-state index is 0. The second kappa shape index (κ2) is 10.5. The van der Waals surface area contributed by atoms with Gasteiger partial charge in [0.15, 0.2) is 5.96 Å². The zero-order valence-electron chi connectivity index (χ0n) is 16.5. The highest BCUT2D eigenvalue weighted by Crippen LogP contribution is 2.17. The van der Waals surface area contributed by atoms with Crippen molar-refractivity contribution < 1.29 is 0 Å². The van der Waals surface area contributed by atoms with Gasteiger partial charge in [-0.1, -0.05) is 54.6 Å². The van der Waals surface area contributed by atoms with E-state index in [0.29, 0.717) is 18.5 Å². The minimum Gasteiger partial charge on any atom is -0.370 e. The summed E-state index contributed by atoms with van der Waals surface area (Å²) in [6.45, 7) is 3.71. The zero-order valence-corrected chi connectivity index (χ0v) is 18.8. The summed E-state index contributed by atoms with van der Waals surface area (Å²) in [7, 11) is 0. The maximum absolute atomic E-state index is 6.16. The molecule has 152 valence electrons. The van der Waals surface area contributed by atoms with Crippen LogP contribution in [-0.4, -0.2) is 35.0 Å². The summed E-state index contributed by atoms with van der Waals surface area (Å²) in [5.41, 5.74) is 9.63. The Balaban J connectivity index is 0.00000240. The SMILES string of the molecule is I.NC(=NCc1cccc2cccnc12)NC1CCN(Cc2ccccc2)CC1. The second-order valence-electron chi connectivity index (χ2n) is 7.37. The molecule has 1 aliphatic rings. The molecule has 0 spiro atoms. The van der Waals surface area contributed by atoms with Crippen molar-refractivity contribution in [2.75, 3.05) is 13.1 Å². The highest BCUT2D eigenvalue weighted by Gasteiger charge is 2.19. The molecule has 0 bridgehead atoms. The van der Waals surface area contributed by atoms with Gasteiger partial charge in [0.25, 0.3) is 0 Å². The summed E-state index contributed by atoms with van der Waals surface area (Å²) in [6.07, 6.45) is 3.98. The van der Waals surface area contributed by atoms with Crippen molar-refractivity contribution in [3.05, 3.63) is 78.0 Å². The number of halogens is 1. The lowest BCUT2D eigenvalue weighted by molar-refractivity contribution is 0.199. The van der Waals surface area contributed by atoms with Crippen molar-refractivity contribution in [2.45, 2.75) is 32.0 Å². The van der Waals surface area contributed by atoms with E-state index in [1.807, 2.05) is 18.3 Å². The quantitative estimate of drug-likeness (QED) is 0.316. The predicted molar refractivity (Wildman–Crippen MR) is 130 cm³/mol. The molecule has 0 atom stereocenters. The third-order valence-corrected chi connectivity index (χ3v) is 5.32. The number of hydrogen-bond donors (Lipinski definition) is 2. The van der Waals surface area contributed by atoms with E-state index in [4.69, 9.17) is 5.73 Å². The van der Waals surface area contributed by atoms with Crippen LogP contribution in [0.4, 0.5) is 0 Å². The molecule has 5 nitrogen and oxygen atoms in total. The number of pyridine rings is 1. The first-order chi connectivity index (χ1) is 13.8. The molecule has 4 rings (SSSR count). The molecular weight excluding hydrogens is 473 g/mol. The molecule has 2 heterocycles. The summed E-state index contributed by atoms with van der Waals surface area (Å²) in [6, 6.07) is 21.2. The Morgan fingerprint density at radius 2 is 1.79 bits per heavy atom. The number of aromatic nitrogens is 1. The van der Waals surface area contributed by atoms with E-state index in [1.165, 1.54) is 5.56 Å². The summed E-state index contributed by atoms with van der Waals surface area (Å²) < 4.78 is 0. The number of likely N-dealkylation sites (tertiary alicyclic amines) is 1. The van der Waals surface area contributed by atoms with Crippen LogP contribution >= 0.6 is 24.0 Å². The smallest absolute Gasteiger partial charge is 0.189 e. The van der Waals surface area contributed by atoms with Crippen LogP contribution in [0.1, 0.15) is 24.0 Å². The van der Waals surface area contributed by atoms with Gasteiger partial charge in [-0.25, -0.2) is 4.99 Å². The molecule has 3 aromatic rings. The first-order valence-corrected chi connectivity index (χ1v) is 9.93. The maximum atomic E-state index is 6.16. The van der Waals surface area contributed by atoms with Gasteiger partial charge in [0.1, 0.15) is 0 Å². The molecule has 29 heavy (non-hydrogen) atoms. The number of nitrogens with one attached hydrogen (secondary N) is 1. The van der Waals surface area contributed by atoms with Gasteiger partial charge in [0, 0.05) is 37.3 Å². The van der Waals surface area contributed by atoms with Crippen LogP contribution in [0, 0.1) is 0 Å². The normalized spacial score (nSPS) is 15.8. The van der Waals surface area contributed by atoms with E-state index in [-0.39, 0.29) is 24.0 Å². The molecule has 0 radical (unpaired) electrons. The van der Waals surface area contributed by atoms with E-state index in [1.54, 1.807) is 0 Å². The summed E-state index contributed by atoms with van der Waals surface area (Å²) in [4.78, 5) is 11.5. The number of hydrogen-bond acceptors (Lipinski definition) is 3. The zero-order chi connectivity index (χ0) is 19.2. The number of fused-ring (bicyclic) bond motifs is 1. The van der Waals surface area contributed by atoms with E-state index < -0.39 is 0 Å². The van der Waals surface area contributed by atoms with Gasteiger partial charge in [-0.2, -0.15) is 0 Å². The van der Waals surface area contributed by atoms with E-state index in [9.17, 15) is 0 Å². The average Bonchev–Trinajstić information content (AvgIpc) is 2.74. The number of guanidine groups is 1. The molecule has 0 saturated carbocycles. The molecule has 1 aliphatic heterocycles. The van der Waals surface area contributed by atoms with Crippen LogP contribution in [0.25, 0.3) is 10.9 Å².